The lowest BCUT2D eigenvalue weighted by molar-refractivity contribution is 0.0589. The SMILES string of the molecule is C=C(C)NOCCCn1c(COCC)nc2c1c(C)c(C)n1nnnc21. The Labute approximate surface area is 151 Å². The van der Waals surface area contributed by atoms with E-state index in [0.717, 1.165) is 46.8 Å². The molecule has 0 spiro atoms. The monoisotopic (exact) mass is 359 g/mol. The van der Waals surface area contributed by atoms with Gasteiger partial charge < -0.3 is 9.30 Å². The molecule has 0 fully saturated rings. The lowest BCUT2D eigenvalue weighted by Crippen LogP contribution is -2.14. The molecule has 3 heterocycles. The van der Waals surface area contributed by atoms with Crippen LogP contribution >= 0.6 is 0 Å². The maximum atomic E-state index is 5.62. The van der Waals surface area contributed by atoms with Gasteiger partial charge in [-0.3, -0.25) is 10.3 Å². The number of allylic oxidation sites excluding steroid dienone is 1. The summed E-state index contributed by atoms with van der Waals surface area (Å²) >= 11 is 0. The molecule has 0 bridgehead atoms. The molecule has 0 aliphatic heterocycles. The minimum absolute atomic E-state index is 0.447. The van der Waals surface area contributed by atoms with Gasteiger partial charge in [0.25, 0.3) is 0 Å². The van der Waals surface area contributed by atoms with E-state index in [1.807, 2.05) is 20.8 Å². The molecule has 9 nitrogen and oxygen atoms in total. The number of nitrogens with one attached hydrogen (secondary N) is 1. The first-order valence-electron chi connectivity index (χ1n) is 8.72. The van der Waals surface area contributed by atoms with Crippen LogP contribution in [0.25, 0.3) is 16.7 Å². The van der Waals surface area contributed by atoms with Gasteiger partial charge in [0.15, 0.2) is 0 Å². The highest BCUT2D eigenvalue weighted by Crippen LogP contribution is 2.26. The molecule has 0 saturated heterocycles. The van der Waals surface area contributed by atoms with Gasteiger partial charge in [-0.1, -0.05) is 6.58 Å². The minimum atomic E-state index is 0.447. The van der Waals surface area contributed by atoms with Crippen LogP contribution in [0.15, 0.2) is 12.3 Å². The standard InChI is InChI=1S/C17H25N7O2/c1-6-25-10-14-18-15-16(23(14)8-7-9-26-20-11(2)3)12(4)13(5)24-17(15)19-21-22-24/h20H,2,6-10H2,1,3-5H3. The molecule has 26 heavy (non-hydrogen) atoms. The molecule has 0 aromatic carbocycles. The Kier molecular flexibility index (Phi) is 5.48. The first kappa shape index (κ1) is 18.3. The minimum Gasteiger partial charge on any atom is -0.374 e. The van der Waals surface area contributed by atoms with E-state index in [-0.39, 0.29) is 0 Å². The summed E-state index contributed by atoms with van der Waals surface area (Å²) in [5, 5.41) is 12.0. The fourth-order valence-corrected chi connectivity index (χ4v) is 2.94. The topological polar surface area (TPSA) is 91.4 Å². The van der Waals surface area contributed by atoms with E-state index in [1.165, 1.54) is 0 Å². The lowest BCUT2D eigenvalue weighted by Gasteiger charge is -2.12. The Balaban J connectivity index is 1.97. The predicted octanol–water partition coefficient (Wildman–Crippen LogP) is 2.07. The summed E-state index contributed by atoms with van der Waals surface area (Å²) in [4.78, 5) is 10.2. The van der Waals surface area contributed by atoms with E-state index >= 15 is 0 Å². The van der Waals surface area contributed by atoms with E-state index in [0.29, 0.717) is 25.5 Å². The Morgan fingerprint density at radius 1 is 1.31 bits per heavy atom. The Hall–Kier alpha value is -2.52. The Morgan fingerprint density at radius 3 is 2.85 bits per heavy atom. The van der Waals surface area contributed by atoms with Crippen molar-refractivity contribution >= 4 is 16.7 Å². The number of tetrazole rings is 1. The van der Waals surface area contributed by atoms with E-state index in [2.05, 4.69) is 39.1 Å². The van der Waals surface area contributed by atoms with Gasteiger partial charge in [-0.2, -0.15) is 4.52 Å². The largest absolute Gasteiger partial charge is 0.374 e. The number of hydroxylamine groups is 1. The van der Waals surface area contributed by atoms with E-state index in [4.69, 9.17) is 14.6 Å². The van der Waals surface area contributed by atoms with Crippen LogP contribution < -0.4 is 5.48 Å². The number of rotatable bonds is 9. The zero-order valence-electron chi connectivity index (χ0n) is 15.7. The quantitative estimate of drug-likeness (QED) is 0.462. The van der Waals surface area contributed by atoms with Crippen LogP contribution in [0.1, 0.15) is 37.4 Å². The third-order valence-corrected chi connectivity index (χ3v) is 4.25. The molecule has 9 heteroatoms. The van der Waals surface area contributed by atoms with Crippen molar-refractivity contribution in [2.45, 2.75) is 47.3 Å². The molecule has 0 amide bonds. The Bertz CT molecular complexity index is 928. The summed E-state index contributed by atoms with van der Waals surface area (Å²) in [5.74, 6) is 0.869. The van der Waals surface area contributed by atoms with Crippen LogP contribution in [0.5, 0.6) is 0 Å². The molecule has 140 valence electrons. The van der Waals surface area contributed by atoms with Gasteiger partial charge in [0.1, 0.15) is 17.9 Å². The second-order valence-corrected chi connectivity index (χ2v) is 6.22. The van der Waals surface area contributed by atoms with Crippen molar-refractivity contribution in [3.05, 3.63) is 29.4 Å². The van der Waals surface area contributed by atoms with Crippen molar-refractivity contribution < 1.29 is 9.57 Å². The van der Waals surface area contributed by atoms with Crippen LogP contribution in [-0.2, 0) is 22.7 Å². The van der Waals surface area contributed by atoms with Gasteiger partial charge in [-0.05, 0) is 50.1 Å². The molecule has 0 radical (unpaired) electrons. The Morgan fingerprint density at radius 2 is 2.12 bits per heavy atom. The lowest BCUT2D eigenvalue weighted by atomic mass is 10.2. The van der Waals surface area contributed by atoms with Gasteiger partial charge in [0.05, 0.1) is 12.1 Å². The first-order valence-corrected chi connectivity index (χ1v) is 8.72. The molecule has 3 rings (SSSR count). The number of hydrogen-bond donors (Lipinski definition) is 1. The average Bonchev–Trinajstić information content (AvgIpc) is 3.22. The molecular weight excluding hydrogens is 334 g/mol. The number of imidazole rings is 1. The summed E-state index contributed by atoms with van der Waals surface area (Å²) in [5.41, 5.74) is 8.18. The van der Waals surface area contributed by atoms with E-state index in [1.54, 1.807) is 4.52 Å². The highest BCUT2D eigenvalue weighted by atomic mass is 16.6. The van der Waals surface area contributed by atoms with Crippen LogP contribution in [0.3, 0.4) is 0 Å². The zero-order valence-corrected chi connectivity index (χ0v) is 15.7. The summed E-state index contributed by atoms with van der Waals surface area (Å²) < 4.78 is 9.54. The number of nitrogens with zero attached hydrogens (tertiary/aromatic N) is 6. The number of ether oxygens (including phenoxy) is 1. The second-order valence-electron chi connectivity index (χ2n) is 6.22. The summed E-state index contributed by atoms with van der Waals surface area (Å²) in [6, 6.07) is 0. The van der Waals surface area contributed by atoms with Crippen LogP contribution in [0, 0.1) is 13.8 Å². The molecule has 3 aromatic rings. The van der Waals surface area contributed by atoms with Crippen molar-refractivity contribution in [2.75, 3.05) is 13.2 Å². The maximum absolute atomic E-state index is 5.62. The van der Waals surface area contributed by atoms with Crippen molar-refractivity contribution in [3.63, 3.8) is 0 Å². The number of aryl methyl sites for hydroxylation is 3. The highest BCUT2D eigenvalue weighted by Gasteiger charge is 2.20. The smallest absolute Gasteiger partial charge is 0.207 e. The first-order chi connectivity index (χ1) is 12.5. The van der Waals surface area contributed by atoms with Gasteiger partial charge >= 0.3 is 0 Å². The van der Waals surface area contributed by atoms with Crippen molar-refractivity contribution in [3.8, 4) is 0 Å². The fourth-order valence-electron chi connectivity index (χ4n) is 2.94. The molecule has 0 saturated carbocycles. The average molecular weight is 359 g/mol. The summed E-state index contributed by atoms with van der Waals surface area (Å²) in [7, 11) is 0. The van der Waals surface area contributed by atoms with Crippen LogP contribution in [0.4, 0.5) is 0 Å². The zero-order chi connectivity index (χ0) is 18.7. The number of fused-ring (bicyclic) bond motifs is 3. The van der Waals surface area contributed by atoms with Gasteiger partial charge in [-0.25, -0.2) is 4.98 Å². The highest BCUT2D eigenvalue weighted by molar-refractivity contribution is 5.91. The van der Waals surface area contributed by atoms with Crippen molar-refractivity contribution in [1.29, 1.82) is 0 Å². The number of aromatic nitrogens is 6. The van der Waals surface area contributed by atoms with Crippen molar-refractivity contribution in [1.82, 2.24) is 35.1 Å². The van der Waals surface area contributed by atoms with Crippen molar-refractivity contribution in [2.24, 2.45) is 0 Å². The molecule has 0 atom stereocenters. The molecule has 3 aromatic heterocycles. The third kappa shape index (κ3) is 3.40. The molecule has 0 aliphatic carbocycles. The van der Waals surface area contributed by atoms with E-state index in [9.17, 15) is 0 Å². The molecule has 1 N–H and O–H groups in total. The number of pyridine rings is 1. The molecule has 0 aliphatic rings. The number of hydrogen-bond acceptors (Lipinski definition) is 7. The van der Waals surface area contributed by atoms with Gasteiger partial charge in [0, 0.05) is 24.5 Å². The predicted molar refractivity (Wildman–Crippen MR) is 97.4 cm³/mol. The van der Waals surface area contributed by atoms with Gasteiger partial charge in [-0.15, -0.1) is 5.10 Å². The van der Waals surface area contributed by atoms with Gasteiger partial charge in [0.2, 0.25) is 5.65 Å². The second kappa shape index (κ2) is 7.79. The maximum Gasteiger partial charge on any atom is 0.207 e. The normalized spacial score (nSPS) is 11.5. The van der Waals surface area contributed by atoms with E-state index < -0.39 is 0 Å². The van der Waals surface area contributed by atoms with Crippen LogP contribution in [0.2, 0.25) is 0 Å². The summed E-state index contributed by atoms with van der Waals surface area (Å²) in [6.45, 7) is 14.1. The van der Waals surface area contributed by atoms with Crippen LogP contribution in [-0.4, -0.2) is 42.8 Å². The fraction of sp³-hybridized carbons (Fsp3) is 0.529. The third-order valence-electron chi connectivity index (χ3n) is 4.25. The molecule has 0 unspecified atom stereocenters. The molecular formula is C17H25N7O2. The summed E-state index contributed by atoms with van der Waals surface area (Å²) in [6.07, 6.45) is 0.819.